The van der Waals surface area contributed by atoms with E-state index in [2.05, 4.69) is 0 Å². The topological polar surface area (TPSA) is 55.8 Å². The van der Waals surface area contributed by atoms with Crippen LogP contribution in [0.5, 0.6) is 5.75 Å². The molecule has 158 valence electrons. The van der Waals surface area contributed by atoms with E-state index in [1.807, 2.05) is 61.5 Å². The summed E-state index contributed by atoms with van der Waals surface area (Å²) in [5.41, 5.74) is 3.47. The number of carbonyl (C=O) groups excluding carboxylic acids is 2. The summed E-state index contributed by atoms with van der Waals surface area (Å²) in [6.45, 7) is 4.07. The minimum Gasteiger partial charge on any atom is -0.489 e. The predicted molar refractivity (Wildman–Crippen MR) is 119 cm³/mol. The van der Waals surface area contributed by atoms with Crippen molar-refractivity contribution < 1.29 is 19.1 Å². The normalized spacial score (nSPS) is 15.8. The minimum absolute atomic E-state index is 0.0344. The van der Waals surface area contributed by atoms with Gasteiger partial charge < -0.3 is 14.4 Å². The summed E-state index contributed by atoms with van der Waals surface area (Å²) < 4.78 is 11.2. The molecule has 3 aromatic rings. The first-order valence-corrected chi connectivity index (χ1v) is 10.4. The van der Waals surface area contributed by atoms with Crippen molar-refractivity contribution in [2.24, 2.45) is 0 Å². The van der Waals surface area contributed by atoms with Crippen molar-refractivity contribution in [2.45, 2.75) is 39.0 Å². The van der Waals surface area contributed by atoms with E-state index in [1.165, 1.54) is 0 Å². The highest BCUT2D eigenvalue weighted by molar-refractivity contribution is 6.00. The fraction of sp³-hybridized carbons (Fsp3) is 0.231. The molecule has 0 spiro atoms. The number of esters is 1. The monoisotopic (exact) mass is 415 g/mol. The van der Waals surface area contributed by atoms with Gasteiger partial charge in [0.15, 0.2) is 6.10 Å². The standard InChI is InChI=1S/C26H25NO4/c1-18-16-22-10-6-7-11-24(22)27(18)25(28)19(2)31-26(29)21-12-14-23(15-13-21)30-17-20-8-4-3-5-9-20/h3-15,18-19H,16-17H2,1-2H3/t18-,19-/m0/s1. The molecule has 0 bridgehead atoms. The number of para-hydroxylation sites is 1. The maximum atomic E-state index is 13.0. The summed E-state index contributed by atoms with van der Waals surface area (Å²) in [4.78, 5) is 27.3. The summed E-state index contributed by atoms with van der Waals surface area (Å²) in [6, 6.07) is 24.5. The first-order valence-electron chi connectivity index (χ1n) is 10.4. The highest BCUT2D eigenvalue weighted by Gasteiger charge is 2.34. The lowest BCUT2D eigenvalue weighted by molar-refractivity contribution is -0.126. The number of ether oxygens (including phenoxy) is 2. The van der Waals surface area contributed by atoms with Crippen LogP contribution in [0.4, 0.5) is 5.69 Å². The third-order valence-corrected chi connectivity index (χ3v) is 5.41. The Balaban J connectivity index is 1.36. The maximum Gasteiger partial charge on any atom is 0.338 e. The third-order valence-electron chi connectivity index (χ3n) is 5.41. The van der Waals surface area contributed by atoms with Crippen molar-refractivity contribution in [1.82, 2.24) is 0 Å². The van der Waals surface area contributed by atoms with E-state index in [9.17, 15) is 9.59 Å². The molecule has 2 atom stereocenters. The zero-order chi connectivity index (χ0) is 21.8. The quantitative estimate of drug-likeness (QED) is 0.543. The molecule has 1 amide bonds. The molecule has 0 saturated heterocycles. The number of hydrogen-bond donors (Lipinski definition) is 0. The smallest absolute Gasteiger partial charge is 0.338 e. The number of anilines is 1. The lowest BCUT2D eigenvalue weighted by Gasteiger charge is -2.26. The minimum atomic E-state index is -0.880. The summed E-state index contributed by atoms with van der Waals surface area (Å²) in [7, 11) is 0. The first kappa shape index (κ1) is 20.7. The van der Waals surface area contributed by atoms with E-state index in [1.54, 1.807) is 36.1 Å². The van der Waals surface area contributed by atoms with E-state index in [-0.39, 0.29) is 11.9 Å². The molecule has 1 heterocycles. The van der Waals surface area contributed by atoms with Crippen molar-refractivity contribution in [3.05, 3.63) is 95.6 Å². The van der Waals surface area contributed by atoms with Gasteiger partial charge in [-0.25, -0.2) is 4.79 Å². The Morgan fingerprint density at radius 2 is 1.65 bits per heavy atom. The summed E-state index contributed by atoms with van der Waals surface area (Å²) >= 11 is 0. The fourth-order valence-electron chi connectivity index (χ4n) is 3.80. The number of rotatable bonds is 6. The zero-order valence-corrected chi connectivity index (χ0v) is 17.7. The highest BCUT2D eigenvalue weighted by Crippen LogP contribution is 2.32. The molecule has 0 fully saturated rings. The zero-order valence-electron chi connectivity index (χ0n) is 17.7. The van der Waals surface area contributed by atoms with Crippen LogP contribution < -0.4 is 9.64 Å². The molecule has 5 nitrogen and oxygen atoms in total. The van der Waals surface area contributed by atoms with Gasteiger partial charge in [0.05, 0.1) is 5.56 Å². The molecule has 0 aromatic heterocycles. The number of amides is 1. The van der Waals surface area contributed by atoms with E-state index in [0.717, 1.165) is 23.2 Å². The van der Waals surface area contributed by atoms with Gasteiger partial charge in [0.2, 0.25) is 0 Å². The van der Waals surface area contributed by atoms with Crippen LogP contribution in [0.1, 0.15) is 35.3 Å². The van der Waals surface area contributed by atoms with E-state index < -0.39 is 12.1 Å². The molecular formula is C26H25NO4. The van der Waals surface area contributed by atoms with E-state index >= 15 is 0 Å². The van der Waals surface area contributed by atoms with Gasteiger partial charge in [0, 0.05) is 11.7 Å². The Labute approximate surface area is 182 Å². The van der Waals surface area contributed by atoms with Crippen molar-refractivity contribution in [3.8, 4) is 5.75 Å². The van der Waals surface area contributed by atoms with Crippen LogP contribution in [-0.4, -0.2) is 24.0 Å². The van der Waals surface area contributed by atoms with Gasteiger partial charge in [-0.3, -0.25) is 4.79 Å². The Morgan fingerprint density at radius 3 is 2.39 bits per heavy atom. The molecule has 4 rings (SSSR count). The Hall–Kier alpha value is -3.60. The van der Waals surface area contributed by atoms with Gasteiger partial charge in [0.25, 0.3) is 5.91 Å². The number of benzene rings is 3. The average Bonchev–Trinajstić information content (AvgIpc) is 3.13. The fourth-order valence-corrected chi connectivity index (χ4v) is 3.80. The predicted octanol–water partition coefficient (Wildman–Crippen LogP) is 4.79. The lowest BCUT2D eigenvalue weighted by atomic mass is 10.1. The average molecular weight is 415 g/mol. The molecule has 0 N–H and O–H groups in total. The second-order valence-corrected chi connectivity index (χ2v) is 7.74. The Morgan fingerprint density at radius 1 is 0.968 bits per heavy atom. The van der Waals surface area contributed by atoms with Crippen LogP contribution in [0.15, 0.2) is 78.9 Å². The molecule has 0 radical (unpaired) electrons. The molecule has 1 aliphatic heterocycles. The molecule has 1 aliphatic rings. The van der Waals surface area contributed by atoms with Crippen molar-refractivity contribution >= 4 is 17.6 Å². The number of nitrogens with zero attached hydrogens (tertiary/aromatic N) is 1. The van der Waals surface area contributed by atoms with Gasteiger partial charge in [0.1, 0.15) is 12.4 Å². The first-order chi connectivity index (χ1) is 15.0. The maximum absolute atomic E-state index is 13.0. The van der Waals surface area contributed by atoms with Crippen molar-refractivity contribution in [1.29, 1.82) is 0 Å². The number of hydrogen-bond acceptors (Lipinski definition) is 4. The van der Waals surface area contributed by atoms with Crippen molar-refractivity contribution in [2.75, 3.05) is 4.90 Å². The molecule has 0 aliphatic carbocycles. The third kappa shape index (κ3) is 4.61. The summed E-state index contributed by atoms with van der Waals surface area (Å²) in [5.74, 6) is -0.0868. The van der Waals surface area contributed by atoms with Gasteiger partial charge >= 0.3 is 5.97 Å². The highest BCUT2D eigenvalue weighted by atomic mass is 16.5. The van der Waals surface area contributed by atoms with Gasteiger partial charge in [-0.05, 0) is 61.7 Å². The Bertz CT molecular complexity index is 1060. The van der Waals surface area contributed by atoms with Crippen LogP contribution in [-0.2, 0) is 22.6 Å². The molecule has 0 unspecified atom stereocenters. The van der Waals surface area contributed by atoms with Crippen LogP contribution >= 0.6 is 0 Å². The van der Waals surface area contributed by atoms with Crippen LogP contribution in [0.25, 0.3) is 0 Å². The van der Waals surface area contributed by atoms with Gasteiger partial charge in [-0.1, -0.05) is 48.5 Å². The van der Waals surface area contributed by atoms with Crippen LogP contribution in [0.2, 0.25) is 0 Å². The second kappa shape index (κ2) is 9.04. The SMILES string of the molecule is C[C@H](OC(=O)c1ccc(OCc2ccccc2)cc1)C(=O)N1c2ccccc2C[C@@H]1C. The molecule has 5 heteroatoms. The lowest BCUT2D eigenvalue weighted by Crippen LogP contribution is -2.43. The summed E-state index contributed by atoms with van der Waals surface area (Å²) in [6.07, 6.45) is -0.0809. The van der Waals surface area contributed by atoms with E-state index in [0.29, 0.717) is 17.9 Å². The number of fused-ring (bicyclic) bond motifs is 1. The molecule has 31 heavy (non-hydrogen) atoms. The van der Waals surface area contributed by atoms with Gasteiger partial charge in [-0.2, -0.15) is 0 Å². The van der Waals surface area contributed by atoms with E-state index in [4.69, 9.17) is 9.47 Å². The molecule has 3 aromatic carbocycles. The molecular weight excluding hydrogens is 390 g/mol. The van der Waals surface area contributed by atoms with Crippen molar-refractivity contribution in [3.63, 3.8) is 0 Å². The summed E-state index contributed by atoms with van der Waals surface area (Å²) in [5, 5.41) is 0. The van der Waals surface area contributed by atoms with Crippen LogP contribution in [0.3, 0.4) is 0 Å². The number of carbonyl (C=O) groups is 2. The van der Waals surface area contributed by atoms with Crippen LogP contribution in [0, 0.1) is 0 Å². The molecule has 0 saturated carbocycles. The largest absolute Gasteiger partial charge is 0.489 e. The van der Waals surface area contributed by atoms with Gasteiger partial charge in [-0.15, -0.1) is 0 Å². The second-order valence-electron chi connectivity index (χ2n) is 7.74. The Kier molecular flexibility index (Phi) is 6.03.